The lowest BCUT2D eigenvalue weighted by Crippen LogP contribution is -2.42. The van der Waals surface area contributed by atoms with E-state index in [1.165, 1.54) is 0 Å². The van der Waals surface area contributed by atoms with E-state index in [0.29, 0.717) is 30.3 Å². The van der Waals surface area contributed by atoms with E-state index in [-0.39, 0.29) is 5.91 Å². The van der Waals surface area contributed by atoms with Crippen molar-refractivity contribution in [1.82, 2.24) is 10.6 Å². The van der Waals surface area contributed by atoms with Crippen molar-refractivity contribution in [3.63, 3.8) is 0 Å². The Morgan fingerprint density at radius 3 is 1.85 bits per heavy atom. The first-order valence-corrected chi connectivity index (χ1v) is 8.10. The molecule has 1 amide bonds. The Hall–Kier alpha value is -0.990. The van der Waals surface area contributed by atoms with Gasteiger partial charge in [0.25, 0.3) is 0 Å². The zero-order valence-electron chi connectivity index (χ0n) is 13.7. The van der Waals surface area contributed by atoms with Crippen LogP contribution in [0.1, 0.15) is 66.2 Å². The van der Waals surface area contributed by atoms with E-state index >= 15 is 0 Å². The molecule has 0 heterocycles. The van der Waals surface area contributed by atoms with Crippen molar-refractivity contribution < 1.29 is 4.79 Å². The van der Waals surface area contributed by atoms with Crippen LogP contribution in [0.25, 0.3) is 0 Å². The molecule has 0 aromatic heterocycles. The predicted molar refractivity (Wildman–Crippen MR) is 85.4 cm³/mol. The molecule has 1 aliphatic rings. The second kappa shape index (κ2) is 8.33. The van der Waals surface area contributed by atoms with Crippen LogP contribution in [-0.2, 0) is 4.79 Å². The molecule has 0 aromatic carbocycles. The maximum Gasteiger partial charge on any atom is 0.220 e. The highest BCUT2D eigenvalue weighted by molar-refractivity contribution is 5.76. The van der Waals surface area contributed by atoms with Gasteiger partial charge >= 0.3 is 0 Å². The average molecular weight is 280 g/mol. The van der Waals surface area contributed by atoms with E-state index in [1.807, 2.05) is 0 Å². The Labute approximate surface area is 124 Å². The summed E-state index contributed by atoms with van der Waals surface area (Å²) < 4.78 is 0. The van der Waals surface area contributed by atoms with E-state index in [9.17, 15) is 4.79 Å². The first kappa shape index (κ1) is 17.1. The van der Waals surface area contributed by atoms with Gasteiger partial charge < -0.3 is 10.6 Å². The SMILES string of the molecule is C=C(CC(C)C)NC1CCC(NC(=O)CC(C)C)CC1. The molecule has 0 radical (unpaired) electrons. The summed E-state index contributed by atoms with van der Waals surface area (Å²) in [5.41, 5.74) is 1.16. The molecular formula is C17H32N2O. The maximum absolute atomic E-state index is 11.8. The number of amides is 1. The van der Waals surface area contributed by atoms with Gasteiger partial charge in [0.1, 0.15) is 0 Å². The summed E-state index contributed by atoms with van der Waals surface area (Å²) in [6, 6.07) is 0.914. The Balaban J connectivity index is 2.23. The molecule has 1 fully saturated rings. The Morgan fingerprint density at radius 2 is 1.40 bits per heavy atom. The first-order chi connectivity index (χ1) is 9.36. The molecule has 1 saturated carbocycles. The molecule has 3 heteroatoms. The molecule has 0 unspecified atom stereocenters. The molecule has 1 rings (SSSR count). The second-order valence-corrected chi connectivity index (χ2v) is 7.06. The monoisotopic (exact) mass is 280 g/mol. The van der Waals surface area contributed by atoms with E-state index < -0.39 is 0 Å². The second-order valence-electron chi connectivity index (χ2n) is 7.06. The fourth-order valence-corrected chi connectivity index (χ4v) is 2.88. The number of hydrogen-bond donors (Lipinski definition) is 2. The maximum atomic E-state index is 11.8. The number of nitrogens with one attached hydrogen (secondary N) is 2. The molecule has 20 heavy (non-hydrogen) atoms. The number of rotatable bonds is 7. The highest BCUT2D eigenvalue weighted by Gasteiger charge is 2.22. The van der Waals surface area contributed by atoms with Gasteiger partial charge in [-0.1, -0.05) is 34.3 Å². The molecule has 1 aliphatic carbocycles. The third-order valence-electron chi connectivity index (χ3n) is 3.75. The van der Waals surface area contributed by atoms with Crippen LogP contribution >= 0.6 is 0 Å². The van der Waals surface area contributed by atoms with Crippen molar-refractivity contribution in [2.24, 2.45) is 11.8 Å². The van der Waals surface area contributed by atoms with Gasteiger partial charge in [-0.3, -0.25) is 4.79 Å². The molecule has 0 atom stereocenters. The number of carbonyl (C=O) groups excluding carboxylic acids is 1. The molecule has 0 saturated heterocycles. The summed E-state index contributed by atoms with van der Waals surface area (Å²) in [7, 11) is 0. The zero-order chi connectivity index (χ0) is 15.1. The molecule has 0 aliphatic heterocycles. The van der Waals surface area contributed by atoms with Crippen LogP contribution in [0.2, 0.25) is 0 Å². The minimum Gasteiger partial charge on any atom is -0.386 e. The smallest absolute Gasteiger partial charge is 0.220 e. The number of allylic oxidation sites excluding steroid dienone is 1. The molecular weight excluding hydrogens is 248 g/mol. The summed E-state index contributed by atoms with van der Waals surface area (Å²) in [4.78, 5) is 11.8. The van der Waals surface area contributed by atoms with Gasteiger partial charge in [0.15, 0.2) is 0 Å². The van der Waals surface area contributed by atoms with Gasteiger partial charge in [0, 0.05) is 24.2 Å². The fourth-order valence-electron chi connectivity index (χ4n) is 2.88. The van der Waals surface area contributed by atoms with Crippen molar-refractivity contribution in [3.05, 3.63) is 12.3 Å². The number of hydrogen-bond acceptors (Lipinski definition) is 2. The van der Waals surface area contributed by atoms with Crippen LogP contribution in [0, 0.1) is 11.8 Å². The van der Waals surface area contributed by atoms with Crippen LogP contribution in [-0.4, -0.2) is 18.0 Å². The lowest BCUT2D eigenvalue weighted by atomic mass is 9.90. The van der Waals surface area contributed by atoms with Crippen LogP contribution in [0.5, 0.6) is 0 Å². The minimum absolute atomic E-state index is 0.209. The fraction of sp³-hybridized carbons (Fsp3) is 0.824. The quantitative estimate of drug-likeness (QED) is 0.748. The average Bonchev–Trinajstić information content (AvgIpc) is 2.29. The van der Waals surface area contributed by atoms with Crippen LogP contribution in [0.4, 0.5) is 0 Å². The summed E-state index contributed by atoms with van der Waals surface area (Å²) in [6.07, 6.45) is 6.11. The highest BCUT2D eigenvalue weighted by Crippen LogP contribution is 2.20. The zero-order valence-corrected chi connectivity index (χ0v) is 13.7. The number of carbonyl (C=O) groups is 1. The predicted octanol–water partition coefficient (Wildman–Crippen LogP) is 3.61. The van der Waals surface area contributed by atoms with Crippen LogP contribution < -0.4 is 10.6 Å². The van der Waals surface area contributed by atoms with Crippen molar-refractivity contribution in [2.45, 2.75) is 78.3 Å². The van der Waals surface area contributed by atoms with Crippen LogP contribution in [0.15, 0.2) is 12.3 Å². The highest BCUT2D eigenvalue weighted by atomic mass is 16.1. The van der Waals surface area contributed by atoms with Crippen molar-refractivity contribution in [1.29, 1.82) is 0 Å². The molecule has 2 N–H and O–H groups in total. The lowest BCUT2D eigenvalue weighted by Gasteiger charge is -2.31. The van der Waals surface area contributed by atoms with Gasteiger partial charge in [0.05, 0.1) is 0 Å². The molecule has 116 valence electrons. The van der Waals surface area contributed by atoms with Crippen molar-refractivity contribution in [2.75, 3.05) is 0 Å². The summed E-state index contributed by atoms with van der Waals surface area (Å²) in [5.74, 6) is 1.30. The first-order valence-electron chi connectivity index (χ1n) is 8.10. The summed E-state index contributed by atoms with van der Waals surface area (Å²) in [6.45, 7) is 12.7. The minimum atomic E-state index is 0.209. The Morgan fingerprint density at radius 1 is 0.950 bits per heavy atom. The largest absolute Gasteiger partial charge is 0.386 e. The summed E-state index contributed by atoms with van der Waals surface area (Å²) in [5, 5.41) is 6.72. The molecule has 0 aromatic rings. The van der Waals surface area contributed by atoms with Gasteiger partial charge in [-0.05, 0) is 43.9 Å². The van der Waals surface area contributed by atoms with E-state index in [0.717, 1.165) is 37.8 Å². The van der Waals surface area contributed by atoms with Gasteiger partial charge in [-0.15, -0.1) is 0 Å². The topological polar surface area (TPSA) is 41.1 Å². The Bertz CT molecular complexity index is 283. The third kappa shape index (κ3) is 6.97. The third-order valence-corrected chi connectivity index (χ3v) is 3.75. The molecule has 0 spiro atoms. The summed E-state index contributed by atoms with van der Waals surface area (Å²) >= 11 is 0. The van der Waals surface area contributed by atoms with Gasteiger partial charge in [0.2, 0.25) is 5.91 Å². The van der Waals surface area contributed by atoms with Crippen molar-refractivity contribution in [3.8, 4) is 0 Å². The standard InChI is InChI=1S/C17H32N2O/c1-12(2)10-14(5)18-15-6-8-16(9-7-15)19-17(20)11-13(3)4/h12-13,15-16,18H,5-11H2,1-4H3,(H,19,20). The van der Waals surface area contributed by atoms with E-state index in [4.69, 9.17) is 0 Å². The van der Waals surface area contributed by atoms with Crippen LogP contribution in [0.3, 0.4) is 0 Å². The molecule has 0 bridgehead atoms. The van der Waals surface area contributed by atoms with Gasteiger partial charge in [-0.25, -0.2) is 0 Å². The van der Waals surface area contributed by atoms with E-state index in [2.05, 4.69) is 44.9 Å². The Kier molecular flexibility index (Phi) is 7.11. The normalized spacial score (nSPS) is 22.9. The van der Waals surface area contributed by atoms with Gasteiger partial charge in [-0.2, -0.15) is 0 Å². The molecule has 3 nitrogen and oxygen atoms in total. The lowest BCUT2D eigenvalue weighted by molar-refractivity contribution is -0.122. The van der Waals surface area contributed by atoms with Crippen molar-refractivity contribution >= 4 is 5.91 Å². The van der Waals surface area contributed by atoms with E-state index in [1.54, 1.807) is 0 Å².